The average molecular weight is 1010 g/mol. The number of urea groups is 1. The van der Waals surface area contributed by atoms with Gasteiger partial charge in [0, 0.05) is 52.5 Å². The van der Waals surface area contributed by atoms with Crippen LogP contribution in [0, 0.1) is 34.6 Å². The van der Waals surface area contributed by atoms with Crippen LogP contribution in [0.5, 0.6) is 0 Å². The van der Waals surface area contributed by atoms with Crippen LogP contribution in [0.4, 0.5) is 10.6 Å². The molecule has 1 aliphatic heterocycles. The number of aromatic nitrogens is 6. The van der Waals surface area contributed by atoms with Crippen LogP contribution in [0.1, 0.15) is 88.8 Å². The van der Waals surface area contributed by atoms with Crippen LogP contribution >= 0.6 is 0 Å². The summed E-state index contributed by atoms with van der Waals surface area (Å²) in [5, 5.41) is 19.9. The molecule has 1 fully saturated rings. The summed E-state index contributed by atoms with van der Waals surface area (Å²) < 4.78 is 10.7. The number of ether oxygens (including phenoxy) is 1. The third-order valence-corrected chi connectivity index (χ3v) is 13.0. The maximum absolute atomic E-state index is 12.8. The van der Waals surface area contributed by atoms with E-state index in [9.17, 15) is 14.4 Å². The molecule has 13 nitrogen and oxygen atoms in total. The average Bonchev–Trinajstić information content (AvgIpc) is 4.13. The highest BCUT2D eigenvalue weighted by Gasteiger charge is 2.25. The monoisotopic (exact) mass is 1010 g/mol. The van der Waals surface area contributed by atoms with Gasteiger partial charge in [-0.2, -0.15) is 10.2 Å². The van der Waals surface area contributed by atoms with Gasteiger partial charge in [-0.3, -0.25) is 10.1 Å². The van der Waals surface area contributed by atoms with Crippen LogP contribution in [-0.2, 0) is 4.74 Å². The minimum absolute atomic E-state index is 0.0585. The SMILES string of the molecule is CCOC(=O)c1nn(-c2ccccc2)c(-c2ccccc2)c1C.Cc1c(C(=O)NC(C)C)nn(-c2ccccc2)c1-c1ccccc1.Cc1ccc(-c2c(C)c(NC(=O)N3CCCCC3)nn2-c2ccc(C)cc2)cc1. The van der Waals surface area contributed by atoms with Crippen molar-refractivity contribution in [2.75, 3.05) is 25.0 Å². The number of amides is 3. The van der Waals surface area contributed by atoms with Gasteiger partial charge in [0.25, 0.3) is 5.91 Å². The number of rotatable bonds is 11. The molecule has 2 N–H and O–H groups in total. The molecule has 0 atom stereocenters. The second-order valence-corrected chi connectivity index (χ2v) is 19.1. The molecule has 3 amide bonds. The van der Waals surface area contributed by atoms with Crippen LogP contribution in [0.3, 0.4) is 0 Å². The van der Waals surface area contributed by atoms with E-state index in [0.29, 0.717) is 23.8 Å². The van der Waals surface area contributed by atoms with E-state index >= 15 is 0 Å². The Bertz CT molecular complexity index is 3360. The Balaban J connectivity index is 0.000000152. The van der Waals surface area contributed by atoms with Gasteiger partial charge in [-0.15, -0.1) is 5.10 Å². The van der Waals surface area contributed by atoms with E-state index < -0.39 is 5.97 Å². The van der Waals surface area contributed by atoms with Gasteiger partial charge in [0.15, 0.2) is 17.2 Å². The third-order valence-electron chi connectivity index (χ3n) is 13.0. The maximum atomic E-state index is 12.8. The summed E-state index contributed by atoms with van der Waals surface area (Å²) in [6.45, 7) is 17.7. The summed E-state index contributed by atoms with van der Waals surface area (Å²) in [4.78, 5) is 39.4. The molecule has 13 heteroatoms. The van der Waals surface area contributed by atoms with Crippen molar-refractivity contribution in [1.29, 1.82) is 0 Å². The first-order chi connectivity index (χ1) is 36.8. The molecule has 0 spiro atoms. The highest BCUT2D eigenvalue weighted by Crippen LogP contribution is 2.33. The lowest BCUT2D eigenvalue weighted by atomic mass is 10.1. The number of hydrogen-bond donors (Lipinski definition) is 2. The van der Waals surface area contributed by atoms with Gasteiger partial charge >= 0.3 is 12.0 Å². The van der Waals surface area contributed by atoms with Crippen molar-refractivity contribution in [3.63, 3.8) is 0 Å². The number of nitrogens with one attached hydrogen (secondary N) is 2. The first kappa shape index (κ1) is 53.5. The van der Waals surface area contributed by atoms with Crippen molar-refractivity contribution in [1.82, 2.24) is 39.6 Å². The fourth-order valence-corrected chi connectivity index (χ4v) is 9.13. The Morgan fingerprint density at radius 2 is 0.908 bits per heavy atom. The maximum Gasteiger partial charge on any atom is 0.359 e. The Hall–Kier alpha value is -8.84. The Kier molecular flexibility index (Phi) is 17.5. The molecular formula is C63H67N9O4. The van der Waals surface area contributed by atoms with Gasteiger partial charge in [0.1, 0.15) is 0 Å². The van der Waals surface area contributed by atoms with E-state index in [1.807, 2.05) is 170 Å². The molecular weight excluding hydrogens is 947 g/mol. The predicted molar refractivity (Wildman–Crippen MR) is 304 cm³/mol. The third kappa shape index (κ3) is 12.6. The molecule has 6 aromatic carbocycles. The van der Waals surface area contributed by atoms with E-state index in [1.165, 1.54) is 17.5 Å². The number of piperidine rings is 1. The number of likely N-dealkylation sites (tertiary alicyclic amines) is 1. The molecule has 76 heavy (non-hydrogen) atoms. The standard InChI is InChI=1S/C24H28N4O.C20H21N3O.C19H18N2O2/c1-17-7-11-20(12-8-17)22-19(3)23(25-24(29)27-15-5-4-6-16-27)26-28(22)21-13-9-18(2)10-14-21;1-14(2)21-20(24)18-15(3)19(16-10-6-4-7-11-16)23(22-18)17-12-8-5-9-13-17;1-3-23-19(22)17-14(2)18(15-10-6-4-7-11-15)21(20-17)16-12-8-5-9-13-16/h7-14H,4-6,15-16H2,1-3H3,(H,25,26,29);4-14H,1-3H3,(H,21,24);4-13H,3H2,1-2H3. The van der Waals surface area contributed by atoms with Crippen molar-refractivity contribution in [2.45, 2.75) is 80.7 Å². The molecule has 0 aliphatic carbocycles. The lowest BCUT2D eigenvalue weighted by Crippen LogP contribution is -2.38. The number of esters is 1. The van der Waals surface area contributed by atoms with Crippen LogP contribution in [-0.4, -0.2) is 77.9 Å². The quantitative estimate of drug-likeness (QED) is 0.123. The molecule has 0 saturated carbocycles. The number of anilines is 1. The molecule has 0 radical (unpaired) electrons. The van der Waals surface area contributed by atoms with Crippen molar-refractivity contribution in [3.8, 4) is 50.8 Å². The molecule has 0 bridgehead atoms. The summed E-state index contributed by atoms with van der Waals surface area (Å²) in [7, 11) is 0. The van der Waals surface area contributed by atoms with Crippen molar-refractivity contribution in [3.05, 3.63) is 209 Å². The number of hydrogen-bond acceptors (Lipinski definition) is 7. The fraction of sp³-hybridized carbons (Fsp3) is 0.238. The molecule has 4 heterocycles. The first-order valence-electron chi connectivity index (χ1n) is 26.0. The Morgan fingerprint density at radius 3 is 1.39 bits per heavy atom. The Morgan fingerprint density at radius 1 is 0.500 bits per heavy atom. The van der Waals surface area contributed by atoms with Crippen molar-refractivity contribution < 1.29 is 19.1 Å². The molecule has 3 aromatic heterocycles. The van der Waals surface area contributed by atoms with Crippen LogP contribution in [0.25, 0.3) is 50.8 Å². The zero-order chi connectivity index (χ0) is 53.7. The highest BCUT2D eigenvalue weighted by atomic mass is 16.5. The second-order valence-electron chi connectivity index (χ2n) is 19.1. The number of carbonyl (C=O) groups excluding carboxylic acids is 3. The summed E-state index contributed by atoms with van der Waals surface area (Å²) in [6, 6.07) is 56.4. The topological polar surface area (TPSA) is 141 Å². The summed E-state index contributed by atoms with van der Waals surface area (Å²) in [6.07, 6.45) is 3.33. The van der Waals surface area contributed by atoms with E-state index in [2.05, 4.69) is 83.2 Å². The number of aryl methyl sites for hydroxylation is 2. The second kappa shape index (κ2) is 24.9. The zero-order valence-electron chi connectivity index (χ0n) is 44.7. The molecule has 388 valence electrons. The minimum atomic E-state index is -0.392. The van der Waals surface area contributed by atoms with E-state index in [4.69, 9.17) is 9.84 Å². The molecule has 1 aliphatic rings. The van der Waals surface area contributed by atoms with Gasteiger partial charge in [-0.25, -0.2) is 23.6 Å². The number of carbonyl (C=O) groups is 3. The summed E-state index contributed by atoms with van der Waals surface area (Å²) in [5.74, 6) is 0.0861. The zero-order valence-corrected chi connectivity index (χ0v) is 44.7. The summed E-state index contributed by atoms with van der Waals surface area (Å²) >= 11 is 0. The number of para-hydroxylation sites is 2. The lowest BCUT2D eigenvalue weighted by Gasteiger charge is -2.26. The Labute approximate surface area is 446 Å². The van der Waals surface area contributed by atoms with Crippen molar-refractivity contribution in [2.24, 2.45) is 0 Å². The fourth-order valence-electron chi connectivity index (χ4n) is 9.13. The van der Waals surface area contributed by atoms with E-state index in [1.54, 1.807) is 11.6 Å². The van der Waals surface area contributed by atoms with Crippen molar-refractivity contribution >= 4 is 23.7 Å². The van der Waals surface area contributed by atoms with E-state index in [0.717, 1.165) is 93.5 Å². The first-order valence-corrected chi connectivity index (χ1v) is 26.0. The highest BCUT2D eigenvalue weighted by molar-refractivity contribution is 5.96. The molecule has 0 unspecified atom stereocenters. The van der Waals surface area contributed by atoms with Gasteiger partial charge in [-0.05, 0) is 111 Å². The summed E-state index contributed by atoms with van der Waals surface area (Å²) in [5.41, 5.74) is 14.7. The molecule has 10 rings (SSSR count). The van der Waals surface area contributed by atoms with Crippen LogP contribution in [0.2, 0.25) is 0 Å². The normalized spacial score (nSPS) is 12.0. The minimum Gasteiger partial charge on any atom is -0.461 e. The van der Waals surface area contributed by atoms with Crippen LogP contribution in [0.15, 0.2) is 170 Å². The molecule has 9 aromatic rings. The number of benzene rings is 6. The molecule has 1 saturated heterocycles. The number of nitrogens with zero attached hydrogens (tertiary/aromatic N) is 7. The van der Waals surface area contributed by atoms with Gasteiger partial charge < -0.3 is 15.0 Å². The van der Waals surface area contributed by atoms with Gasteiger partial charge in [0.2, 0.25) is 0 Å². The van der Waals surface area contributed by atoms with Gasteiger partial charge in [-0.1, -0.05) is 145 Å². The lowest BCUT2D eigenvalue weighted by molar-refractivity contribution is 0.0518. The van der Waals surface area contributed by atoms with Gasteiger partial charge in [0.05, 0.1) is 40.8 Å². The van der Waals surface area contributed by atoms with E-state index in [-0.39, 0.29) is 18.0 Å². The largest absolute Gasteiger partial charge is 0.461 e. The smallest absolute Gasteiger partial charge is 0.359 e. The van der Waals surface area contributed by atoms with Crippen LogP contribution < -0.4 is 10.6 Å². The predicted octanol–water partition coefficient (Wildman–Crippen LogP) is 13.5.